The SMILES string of the molecule is O=C(COc1ccccc1F)NCCn1ncc2c(NCc3ccc(F)cc3)ncnc21. The zero-order valence-corrected chi connectivity index (χ0v) is 17.0. The molecule has 0 fully saturated rings. The highest BCUT2D eigenvalue weighted by Crippen LogP contribution is 2.19. The fraction of sp³-hybridized carbons (Fsp3) is 0.182. The van der Waals surface area contributed by atoms with Gasteiger partial charge in [0.05, 0.1) is 18.1 Å². The first-order valence-corrected chi connectivity index (χ1v) is 9.89. The molecule has 4 rings (SSSR count). The van der Waals surface area contributed by atoms with Gasteiger partial charge in [-0.05, 0) is 29.8 Å². The fourth-order valence-electron chi connectivity index (χ4n) is 3.04. The maximum Gasteiger partial charge on any atom is 0.258 e. The van der Waals surface area contributed by atoms with E-state index < -0.39 is 5.82 Å². The molecule has 0 radical (unpaired) electrons. The molecule has 0 unspecified atom stereocenters. The minimum absolute atomic E-state index is 0.0260. The van der Waals surface area contributed by atoms with Crippen LogP contribution >= 0.6 is 0 Å². The fourth-order valence-corrected chi connectivity index (χ4v) is 3.04. The second-order valence-corrected chi connectivity index (χ2v) is 6.88. The molecule has 2 aromatic heterocycles. The standard InChI is InChI=1S/C22H20F2N6O2/c23-16-7-5-15(6-8-16)11-26-21-17-12-29-30(22(17)28-14-27-21)10-9-25-20(31)13-32-19-4-2-1-3-18(19)24/h1-8,12,14H,9-11,13H2,(H,25,31)(H,26,27,28). The Morgan fingerprint density at radius 1 is 1.06 bits per heavy atom. The Labute approximate surface area is 182 Å². The normalized spacial score (nSPS) is 10.8. The van der Waals surface area contributed by atoms with Crippen LogP contribution in [0.2, 0.25) is 0 Å². The zero-order valence-electron chi connectivity index (χ0n) is 17.0. The van der Waals surface area contributed by atoms with Crippen molar-refractivity contribution in [3.8, 4) is 5.75 Å². The number of carbonyl (C=O) groups excluding carboxylic acids is 1. The number of anilines is 1. The summed E-state index contributed by atoms with van der Waals surface area (Å²) in [6, 6.07) is 12.1. The lowest BCUT2D eigenvalue weighted by atomic mass is 10.2. The summed E-state index contributed by atoms with van der Waals surface area (Å²) in [5, 5.41) is 11.0. The highest BCUT2D eigenvalue weighted by Gasteiger charge is 2.11. The van der Waals surface area contributed by atoms with Crippen LogP contribution in [0.5, 0.6) is 5.75 Å². The summed E-state index contributed by atoms with van der Waals surface area (Å²) in [5.74, 6) is -0.552. The van der Waals surface area contributed by atoms with Crippen LogP contribution in [0.4, 0.5) is 14.6 Å². The number of nitrogens with one attached hydrogen (secondary N) is 2. The quantitative estimate of drug-likeness (QED) is 0.417. The molecule has 0 atom stereocenters. The number of hydrogen-bond acceptors (Lipinski definition) is 6. The Hall–Kier alpha value is -4.08. The van der Waals surface area contributed by atoms with Crippen molar-refractivity contribution in [2.45, 2.75) is 13.1 Å². The Balaban J connectivity index is 1.31. The van der Waals surface area contributed by atoms with Crippen molar-refractivity contribution < 1.29 is 18.3 Å². The molecule has 8 nitrogen and oxygen atoms in total. The third kappa shape index (κ3) is 5.15. The molecule has 4 aromatic rings. The summed E-state index contributed by atoms with van der Waals surface area (Å²) in [6.07, 6.45) is 3.07. The smallest absolute Gasteiger partial charge is 0.258 e. The zero-order chi connectivity index (χ0) is 22.3. The molecule has 164 valence electrons. The Bertz CT molecular complexity index is 1210. The van der Waals surface area contributed by atoms with E-state index in [2.05, 4.69) is 25.7 Å². The van der Waals surface area contributed by atoms with Crippen molar-refractivity contribution in [3.05, 3.63) is 78.3 Å². The summed E-state index contributed by atoms with van der Waals surface area (Å²) in [5.41, 5.74) is 1.52. The molecule has 0 saturated carbocycles. The topological polar surface area (TPSA) is 94.0 Å². The van der Waals surface area contributed by atoms with E-state index in [1.807, 2.05) is 0 Å². The molecule has 2 aromatic carbocycles. The predicted molar refractivity (Wildman–Crippen MR) is 114 cm³/mol. The third-order valence-electron chi connectivity index (χ3n) is 4.65. The second-order valence-electron chi connectivity index (χ2n) is 6.88. The molecule has 32 heavy (non-hydrogen) atoms. The molecular formula is C22H20F2N6O2. The number of aromatic nitrogens is 4. The number of hydrogen-bond donors (Lipinski definition) is 2. The minimum atomic E-state index is -0.521. The molecule has 2 N–H and O–H groups in total. The van der Waals surface area contributed by atoms with Crippen LogP contribution in [0.3, 0.4) is 0 Å². The van der Waals surface area contributed by atoms with E-state index in [0.717, 1.165) is 10.9 Å². The van der Waals surface area contributed by atoms with Gasteiger partial charge in [-0.3, -0.25) is 4.79 Å². The lowest BCUT2D eigenvalue weighted by molar-refractivity contribution is -0.123. The first-order valence-electron chi connectivity index (χ1n) is 9.89. The van der Waals surface area contributed by atoms with Crippen molar-refractivity contribution >= 4 is 22.8 Å². The van der Waals surface area contributed by atoms with E-state index >= 15 is 0 Å². The highest BCUT2D eigenvalue weighted by molar-refractivity contribution is 5.86. The van der Waals surface area contributed by atoms with Gasteiger partial charge in [0, 0.05) is 13.1 Å². The van der Waals surface area contributed by atoms with E-state index in [9.17, 15) is 13.6 Å². The molecule has 0 aliphatic rings. The van der Waals surface area contributed by atoms with Gasteiger partial charge in [-0.1, -0.05) is 24.3 Å². The summed E-state index contributed by atoms with van der Waals surface area (Å²) in [6.45, 7) is 0.845. The number of benzene rings is 2. The summed E-state index contributed by atoms with van der Waals surface area (Å²) in [7, 11) is 0. The molecular weight excluding hydrogens is 418 g/mol. The van der Waals surface area contributed by atoms with E-state index in [0.29, 0.717) is 31.1 Å². The molecule has 2 heterocycles. The average molecular weight is 438 g/mol. The monoisotopic (exact) mass is 438 g/mol. The lowest BCUT2D eigenvalue weighted by Crippen LogP contribution is -2.31. The van der Waals surface area contributed by atoms with Crippen molar-refractivity contribution in [1.82, 2.24) is 25.1 Å². The Morgan fingerprint density at radius 3 is 2.69 bits per heavy atom. The van der Waals surface area contributed by atoms with E-state index in [1.54, 1.807) is 35.1 Å². The van der Waals surface area contributed by atoms with Crippen LogP contribution < -0.4 is 15.4 Å². The molecule has 10 heteroatoms. The van der Waals surface area contributed by atoms with Crippen LogP contribution in [-0.4, -0.2) is 38.8 Å². The minimum Gasteiger partial charge on any atom is -0.481 e. The van der Waals surface area contributed by atoms with Gasteiger partial charge in [0.2, 0.25) is 0 Å². The van der Waals surface area contributed by atoms with Gasteiger partial charge in [-0.2, -0.15) is 5.10 Å². The number of ether oxygens (including phenoxy) is 1. The van der Waals surface area contributed by atoms with Crippen LogP contribution in [0.1, 0.15) is 5.56 Å². The molecule has 0 bridgehead atoms. The van der Waals surface area contributed by atoms with E-state index in [-0.39, 0.29) is 24.1 Å². The number of carbonyl (C=O) groups is 1. The van der Waals surface area contributed by atoms with Crippen LogP contribution in [-0.2, 0) is 17.9 Å². The number of para-hydroxylation sites is 1. The molecule has 0 aliphatic heterocycles. The molecule has 0 saturated heterocycles. The predicted octanol–water partition coefficient (Wildman–Crippen LogP) is 2.91. The second kappa shape index (κ2) is 9.82. The lowest BCUT2D eigenvalue weighted by Gasteiger charge is -2.09. The number of fused-ring (bicyclic) bond motifs is 1. The van der Waals surface area contributed by atoms with Crippen molar-refractivity contribution in [1.29, 1.82) is 0 Å². The third-order valence-corrected chi connectivity index (χ3v) is 4.65. The van der Waals surface area contributed by atoms with Crippen molar-refractivity contribution in [2.24, 2.45) is 0 Å². The van der Waals surface area contributed by atoms with Gasteiger partial charge in [0.25, 0.3) is 5.91 Å². The van der Waals surface area contributed by atoms with E-state index in [4.69, 9.17) is 4.74 Å². The largest absolute Gasteiger partial charge is 0.481 e. The number of amides is 1. The van der Waals surface area contributed by atoms with Crippen molar-refractivity contribution in [3.63, 3.8) is 0 Å². The van der Waals surface area contributed by atoms with Gasteiger partial charge in [-0.15, -0.1) is 0 Å². The maximum absolute atomic E-state index is 13.5. The van der Waals surface area contributed by atoms with E-state index in [1.165, 1.54) is 30.6 Å². The van der Waals surface area contributed by atoms with Gasteiger partial charge >= 0.3 is 0 Å². The molecule has 1 amide bonds. The highest BCUT2D eigenvalue weighted by atomic mass is 19.1. The molecule has 0 spiro atoms. The van der Waals surface area contributed by atoms with Crippen LogP contribution in [0, 0.1) is 11.6 Å². The number of rotatable bonds is 9. The van der Waals surface area contributed by atoms with Gasteiger partial charge in [0.15, 0.2) is 23.8 Å². The van der Waals surface area contributed by atoms with Crippen LogP contribution in [0.25, 0.3) is 11.0 Å². The summed E-state index contributed by atoms with van der Waals surface area (Å²) in [4.78, 5) is 20.5. The first-order chi connectivity index (χ1) is 15.6. The maximum atomic E-state index is 13.5. The average Bonchev–Trinajstić information content (AvgIpc) is 3.22. The summed E-state index contributed by atoms with van der Waals surface area (Å²) >= 11 is 0. The van der Waals surface area contributed by atoms with Crippen molar-refractivity contribution in [2.75, 3.05) is 18.5 Å². The van der Waals surface area contributed by atoms with Gasteiger partial charge in [0.1, 0.15) is 18.0 Å². The first kappa shape index (κ1) is 21.2. The number of nitrogens with zero attached hydrogens (tertiary/aromatic N) is 4. The van der Waals surface area contributed by atoms with Gasteiger partial charge in [-0.25, -0.2) is 23.4 Å². The Kier molecular flexibility index (Phi) is 6.49. The van der Waals surface area contributed by atoms with Gasteiger partial charge < -0.3 is 15.4 Å². The number of halogens is 2. The molecule has 0 aliphatic carbocycles. The van der Waals surface area contributed by atoms with Crippen LogP contribution in [0.15, 0.2) is 61.1 Å². The summed E-state index contributed by atoms with van der Waals surface area (Å²) < 4.78 is 33.4. The Morgan fingerprint density at radius 2 is 1.88 bits per heavy atom.